The molecule has 0 spiro atoms. The first-order valence-electron chi connectivity index (χ1n) is 4.86. The van der Waals surface area contributed by atoms with Crippen molar-refractivity contribution >= 4 is 29.0 Å². The molecule has 0 bridgehead atoms. The molecule has 0 aliphatic heterocycles. The van der Waals surface area contributed by atoms with Gasteiger partial charge in [0, 0.05) is 21.2 Å². The van der Waals surface area contributed by atoms with E-state index in [9.17, 15) is 4.79 Å². The lowest BCUT2D eigenvalue weighted by Gasteiger charge is -2.03. The van der Waals surface area contributed by atoms with E-state index in [-0.39, 0.29) is 11.5 Å². The van der Waals surface area contributed by atoms with Gasteiger partial charge < -0.3 is 5.11 Å². The Bertz CT molecular complexity index is 542. The lowest BCUT2D eigenvalue weighted by atomic mass is 10.0. The topological polar surface area (TPSA) is 37.3 Å². The minimum Gasteiger partial charge on any atom is -0.508 e. The highest BCUT2D eigenvalue weighted by molar-refractivity contribution is 6.35. The van der Waals surface area contributed by atoms with Gasteiger partial charge in [-0.25, -0.2) is 0 Å². The van der Waals surface area contributed by atoms with Crippen LogP contribution in [0.4, 0.5) is 0 Å². The molecule has 0 aliphatic carbocycles. The minimum absolute atomic E-state index is 0.116. The Morgan fingerprint density at radius 2 is 1.41 bits per heavy atom. The molecule has 4 heteroatoms. The summed E-state index contributed by atoms with van der Waals surface area (Å²) >= 11 is 11.7. The third-order valence-corrected chi connectivity index (χ3v) is 2.69. The summed E-state index contributed by atoms with van der Waals surface area (Å²) in [6.45, 7) is 0. The van der Waals surface area contributed by atoms with Crippen LogP contribution < -0.4 is 0 Å². The molecule has 0 atom stereocenters. The first kappa shape index (κ1) is 12.0. The number of hydrogen-bond acceptors (Lipinski definition) is 2. The second-order valence-electron chi connectivity index (χ2n) is 3.53. The highest BCUT2D eigenvalue weighted by atomic mass is 35.5. The van der Waals surface area contributed by atoms with Gasteiger partial charge in [0.15, 0.2) is 5.78 Å². The largest absolute Gasteiger partial charge is 0.508 e. The molecule has 0 fully saturated rings. The van der Waals surface area contributed by atoms with E-state index in [4.69, 9.17) is 28.3 Å². The molecule has 0 aromatic heterocycles. The van der Waals surface area contributed by atoms with Crippen molar-refractivity contribution in [3.8, 4) is 5.75 Å². The van der Waals surface area contributed by atoms with E-state index in [0.29, 0.717) is 21.2 Å². The molecule has 0 saturated heterocycles. The van der Waals surface area contributed by atoms with Crippen molar-refractivity contribution in [3.63, 3.8) is 0 Å². The van der Waals surface area contributed by atoms with Crippen molar-refractivity contribution in [1.29, 1.82) is 0 Å². The predicted molar refractivity (Wildman–Crippen MR) is 68.0 cm³/mol. The van der Waals surface area contributed by atoms with Crippen molar-refractivity contribution < 1.29 is 9.90 Å². The van der Waals surface area contributed by atoms with Crippen molar-refractivity contribution in [3.05, 3.63) is 63.6 Å². The number of carbonyl (C=O) groups is 1. The molecular weight excluding hydrogens is 259 g/mol. The molecule has 2 aromatic carbocycles. The van der Waals surface area contributed by atoms with E-state index >= 15 is 0 Å². The number of halogens is 2. The van der Waals surface area contributed by atoms with E-state index in [1.54, 1.807) is 30.3 Å². The van der Waals surface area contributed by atoms with Crippen LogP contribution in [0.5, 0.6) is 5.75 Å². The fourth-order valence-corrected chi connectivity index (χ4v) is 1.99. The smallest absolute Gasteiger partial charge is 0.193 e. The normalized spacial score (nSPS) is 10.2. The van der Waals surface area contributed by atoms with Gasteiger partial charge in [-0.1, -0.05) is 23.2 Å². The summed E-state index contributed by atoms with van der Waals surface area (Å²) < 4.78 is 0. The van der Waals surface area contributed by atoms with Crippen LogP contribution in [0.2, 0.25) is 10.0 Å². The number of rotatable bonds is 2. The Morgan fingerprint density at radius 3 is 1.94 bits per heavy atom. The fraction of sp³-hybridized carbons (Fsp3) is 0. The maximum atomic E-state index is 12.1. The number of benzene rings is 2. The van der Waals surface area contributed by atoms with Gasteiger partial charge >= 0.3 is 0 Å². The van der Waals surface area contributed by atoms with Crippen LogP contribution >= 0.6 is 23.2 Å². The van der Waals surface area contributed by atoms with Crippen LogP contribution in [0.3, 0.4) is 0 Å². The summed E-state index contributed by atoms with van der Waals surface area (Å²) in [7, 11) is 0. The van der Waals surface area contributed by atoms with Crippen LogP contribution in [-0.2, 0) is 0 Å². The highest BCUT2D eigenvalue weighted by Gasteiger charge is 2.10. The summed E-state index contributed by atoms with van der Waals surface area (Å²) in [6.07, 6.45) is 0. The van der Waals surface area contributed by atoms with Gasteiger partial charge in [0.05, 0.1) is 0 Å². The van der Waals surface area contributed by atoms with Crippen molar-refractivity contribution in [1.82, 2.24) is 0 Å². The first-order valence-corrected chi connectivity index (χ1v) is 5.62. The molecular formula is C13H8Cl2O2. The molecule has 0 saturated carbocycles. The molecule has 0 amide bonds. The average Bonchev–Trinajstić information content (AvgIpc) is 2.28. The van der Waals surface area contributed by atoms with E-state index in [0.717, 1.165) is 0 Å². The third kappa shape index (κ3) is 2.78. The van der Waals surface area contributed by atoms with Gasteiger partial charge in [0.1, 0.15) is 5.75 Å². The Morgan fingerprint density at radius 1 is 0.882 bits per heavy atom. The molecule has 86 valence electrons. The summed E-state index contributed by atoms with van der Waals surface area (Å²) in [5, 5.41) is 9.98. The number of hydrogen-bond donors (Lipinski definition) is 1. The average molecular weight is 267 g/mol. The van der Waals surface area contributed by atoms with Crippen molar-refractivity contribution in [2.24, 2.45) is 0 Å². The van der Waals surface area contributed by atoms with Gasteiger partial charge in [-0.05, 0) is 42.5 Å². The molecule has 0 unspecified atom stereocenters. The molecule has 2 nitrogen and oxygen atoms in total. The van der Waals surface area contributed by atoms with Gasteiger partial charge in [0.25, 0.3) is 0 Å². The van der Waals surface area contributed by atoms with Gasteiger partial charge in [0.2, 0.25) is 0 Å². The van der Waals surface area contributed by atoms with E-state index < -0.39 is 0 Å². The molecule has 1 N–H and O–H groups in total. The second-order valence-corrected chi connectivity index (χ2v) is 4.41. The van der Waals surface area contributed by atoms with Crippen LogP contribution in [0.1, 0.15) is 15.9 Å². The van der Waals surface area contributed by atoms with Gasteiger partial charge in [-0.15, -0.1) is 0 Å². The molecule has 0 aliphatic rings. The monoisotopic (exact) mass is 266 g/mol. The lowest BCUT2D eigenvalue weighted by Crippen LogP contribution is -2.00. The molecule has 0 radical (unpaired) electrons. The molecule has 0 heterocycles. The van der Waals surface area contributed by atoms with E-state index in [1.165, 1.54) is 12.1 Å². The fourth-order valence-electron chi connectivity index (χ4n) is 1.46. The van der Waals surface area contributed by atoms with E-state index in [2.05, 4.69) is 0 Å². The Hall–Kier alpha value is -1.51. The lowest BCUT2D eigenvalue weighted by molar-refractivity contribution is 0.103. The maximum absolute atomic E-state index is 12.1. The van der Waals surface area contributed by atoms with Gasteiger partial charge in [-0.2, -0.15) is 0 Å². The molecule has 2 aromatic rings. The SMILES string of the molecule is O=C(c1ccc(O)cc1)c1cc(Cl)cc(Cl)c1. The summed E-state index contributed by atoms with van der Waals surface area (Å²) in [6, 6.07) is 10.7. The molecule has 2 rings (SSSR count). The standard InChI is InChI=1S/C13H8Cl2O2/c14-10-5-9(6-11(15)7-10)13(17)8-1-3-12(16)4-2-8/h1-7,16H. The molecule has 17 heavy (non-hydrogen) atoms. The number of aromatic hydroxyl groups is 1. The Labute approximate surface area is 108 Å². The van der Waals surface area contributed by atoms with Crippen molar-refractivity contribution in [2.45, 2.75) is 0 Å². The number of carbonyl (C=O) groups excluding carboxylic acids is 1. The van der Waals surface area contributed by atoms with Crippen LogP contribution in [0.15, 0.2) is 42.5 Å². The highest BCUT2D eigenvalue weighted by Crippen LogP contribution is 2.21. The summed E-state index contributed by atoms with van der Waals surface area (Å²) in [5.41, 5.74) is 0.898. The minimum atomic E-state index is -0.186. The Kier molecular flexibility index (Phi) is 3.36. The number of phenols is 1. The van der Waals surface area contributed by atoms with Crippen LogP contribution in [0, 0.1) is 0 Å². The summed E-state index contributed by atoms with van der Waals surface area (Å²) in [5.74, 6) is -0.0694. The Balaban J connectivity index is 2.40. The zero-order valence-corrected chi connectivity index (χ0v) is 10.2. The second kappa shape index (κ2) is 4.78. The predicted octanol–water partition coefficient (Wildman–Crippen LogP) is 3.93. The third-order valence-electron chi connectivity index (χ3n) is 2.25. The number of ketones is 1. The summed E-state index contributed by atoms with van der Waals surface area (Å²) in [4.78, 5) is 12.1. The first-order chi connectivity index (χ1) is 8.06. The van der Waals surface area contributed by atoms with E-state index in [1.807, 2.05) is 0 Å². The quantitative estimate of drug-likeness (QED) is 0.837. The number of phenolic OH excluding ortho intramolecular Hbond substituents is 1. The van der Waals surface area contributed by atoms with Gasteiger partial charge in [-0.3, -0.25) is 4.79 Å². The maximum Gasteiger partial charge on any atom is 0.193 e. The van der Waals surface area contributed by atoms with Crippen molar-refractivity contribution in [2.75, 3.05) is 0 Å². The zero-order valence-electron chi connectivity index (χ0n) is 8.65. The zero-order chi connectivity index (χ0) is 12.4. The van der Waals surface area contributed by atoms with Crippen LogP contribution in [-0.4, -0.2) is 10.9 Å². The van der Waals surface area contributed by atoms with Crippen LogP contribution in [0.25, 0.3) is 0 Å².